The van der Waals surface area contributed by atoms with Gasteiger partial charge in [-0.25, -0.2) is 0 Å². The fraction of sp³-hybridized carbons (Fsp3) is 0.833. The molecule has 210 valence electrons. The molecule has 0 aliphatic heterocycles. The van der Waals surface area contributed by atoms with E-state index in [1.54, 1.807) is 11.1 Å². The van der Waals surface area contributed by atoms with E-state index in [1.807, 2.05) is 0 Å². The van der Waals surface area contributed by atoms with Crippen molar-refractivity contribution in [1.82, 2.24) is 0 Å². The van der Waals surface area contributed by atoms with Crippen molar-refractivity contribution in [2.75, 3.05) is 0 Å². The third-order valence-corrected chi connectivity index (χ3v) is 8.13. The first-order valence-corrected chi connectivity index (χ1v) is 16.9. The summed E-state index contributed by atoms with van der Waals surface area (Å²) in [5.41, 5.74) is 3.15. The Labute approximate surface area is 228 Å². The molecule has 0 N–H and O–H groups in total. The van der Waals surface area contributed by atoms with Gasteiger partial charge in [0.2, 0.25) is 0 Å². The van der Waals surface area contributed by atoms with E-state index in [1.165, 1.54) is 180 Å². The second-order valence-electron chi connectivity index (χ2n) is 11.8. The molecule has 0 aliphatic rings. The summed E-state index contributed by atoms with van der Waals surface area (Å²) in [6, 6.07) is 9.51. The van der Waals surface area contributed by atoms with Crippen LogP contribution in [0.5, 0.6) is 0 Å². The molecule has 0 fully saturated rings. The zero-order valence-electron chi connectivity index (χ0n) is 25.1. The Morgan fingerprint density at radius 3 is 0.861 bits per heavy atom. The Balaban J connectivity index is 1.89. The fourth-order valence-corrected chi connectivity index (χ4v) is 5.63. The first-order chi connectivity index (χ1) is 17.9. The van der Waals surface area contributed by atoms with Crippen molar-refractivity contribution in [1.29, 1.82) is 0 Å². The van der Waals surface area contributed by atoms with Crippen molar-refractivity contribution in [2.45, 2.75) is 194 Å². The van der Waals surface area contributed by atoms with Crippen molar-refractivity contribution in [3.8, 4) is 0 Å². The highest BCUT2D eigenvalue weighted by Gasteiger charge is 1.99. The summed E-state index contributed by atoms with van der Waals surface area (Å²) in [4.78, 5) is 0. The van der Waals surface area contributed by atoms with Crippen LogP contribution in [0.25, 0.3) is 0 Å². The number of benzene rings is 1. The molecular formula is C36H66. The molecule has 36 heavy (non-hydrogen) atoms. The average molecular weight is 499 g/mol. The van der Waals surface area contributed by atoms with Crippen LogP contribution in [-0.4, -0.2) is 0 Å². The average Bonchev–Trinajstić information content (AvgIpc) is 2.90. The van der Waals surface area contributed by atoms with Gasteiger partial charge in [0.15, 0.2) is 0 Å². The van der Waals surface area contributed by atoms with Crippen LogP contribution in [0, 0.1) is 0 Å². The Morgan fingerprint density at radius 1 is 0.333 bits per heavy atom. The van der Waals surface area contributed by atoms with Gasteiger partial charge in [-0.2, -0.15) is 0 Å². The zero-order chi connectivity index (χ0) is 25.8. The van der Waals surface area contributed by atoms with Crippen molar-refractivity contribution in [3.63, 3.8) is 0 Å². The molecule has 0 aromatic heterocycles. The molecule has 0 nitrogen and oxygen atoms in total. The van der Waals surface area contributed by atoms with Gasteiger partial charge in [0.25, 0.3) is 0 Å². The molecule has 0 heteroatoms. The van der Waals surface area contributed by atoms with Crippen molar-refractivity contribution in [3.05, 3.63) is 35.4 Å². The van der Waals surface area contributed by atoms with Crippen LogP contribution in [0.2, 0.25) is 0 Å². The van der Waals surface area contributed by atoms with Gasteiger partial charge in [-0.3, -0.25) is 0 Å². The van der Waals surface area contributed by atoms with Crippen molar-refractivity contribution >= 4 is 0 Å². The van der Waals surface area contributed by atoms with Crippen LogP contribution in [0.4, 0.5) is 0 Å². The van der Waals surface area contributed by atoms with E-state index in [4.69, 9.17) is 0 Å². The minimum atomic E-state index is 1.28. The number of rotatable bonds is 28. The van der Waals surface area contributed by atoms with E-state index >= 15 is 0 Å². The van der Waals surface area contributed by atoms with Crippen LogP contribution < -0.4 is 0 Å². The summed E-state index contributed by atoms with van der Waals surface area (Å²) >= 11 is 0. The maximum atomic E-state index is 2.50. The highest BCUT2D eigenvalue weighted by molar-refractivity contribution is 5.23. The summed E-state index contributed by atoms with van der Waals surface area (Å²) in [5, 5.41) is 0. The Kier molecular flexibility index (Phi) is 25.2. The molecule has 0 saturated carbocycles. The van der Waals surface area contributed by atoms with Gasteiger partial charge in [-0.15, -0.1) is 0 Å². The van der Waals surface area contributed by atoms with E-state index in [2.05, 4.69) is 38.1 Å². The molecule has 1 rings (SSSR count). The topological polar surface area (TPSA) is 0 Å². The maximum Gasteiger partial charge on any atom is -0.0279 e. The molecular weight excluding hydrogens is 432 g/mol. The predicted molar refractivity (Wildman–Crippen MR) is 165 cm³/mol. The third-order valence-electron chi connectivity index (χ3n) is 8.13. The van der Waals surface area contributed by atoms with Gasteiger partial charge in [-0.05, 0) is 36.8 Å². The second kappa shape index (κ2) is 27.3. The van der Waals surface area contributed by atoms with Crippen LogP contribution in [-0.2, 0) is 12.8 Å². The molecule has 0 spiro atoms. The van der Waals surface area contributed by atoms with E-state index in [-0.39, 0.29) is 0 Å². The second-order valence-corrected chi connectivity index (χ2v) is 11.8. The minimum Gasteiger partial charge on any atom is -0.0654 e. The monoisotopic (exact) mass is 499 g/mol. The van der Waals surface area contributed by atoms with Gasteiger partial charge in [0.1, 0.15) is 0 Å². The molecule has 1 aromatic carbocycles. The lowest BCUT2D eigenvalue weighted by Gasteiger charge is -2.07. The lowest BCUT2D eigenvalue weighted by Crippen LogP contribution is -1.91. The van der Waals surface area contributed by atoms with Gasteiger partial charge >= 0.3 is 0 Å². The van der Waals surface area contributed by atoms with E-state index in [0.29, 0.717) is 0 Å². The zero-order valence-corrected chi connectivity index (χ0v) is 25.1. The highest BCUT2D eigenvalue weighted by Crippen LogP contribution is 2.17. The van der Waals surface area contributed by atoms with Crippen LogP contribution >= 0.6 is 0 Å². The fourth-order valence-electron chi connectivity index (χ4n) is 5.63. The maximum absolute atomic E-state index is 2.50. The first-order valence-electron chi connectivity index (χ1n) is 16.9. The molecule has 0 unspecified atom stereocenters. The molecule has 1 aromatic rings. The summed E-state index contributed by atoms with van der Waals surface area (Å²) in [6.07, 6.45) is 40.1. The van der Waals surface area contributed by atoms with E-state index < -0.39 is 0 Å². The van der Waals surface area contributed by atoms with Gasteiger partial charge in [0, 0.05) is 0 Å². The number of hydrogen-bond donors (Lipinski definition) is 0. The molecule has 0 atom stereocenters. The van der Waals surface area contributed by atoms with Gasteiger partial charge in [-0.1, -0.05) is 192 Å². The molecule has 0 heterocycles. The quantitative estimate of drug-likeness (QED) is 0.101. The van der Waals surface area contributed by atoms with E-state index in [0.717, 1.165) is 0 Å². The van der Waals surface area contributed by atoms with Gasteiger partial charge < -0.3 is 0 Å². The van der Waals surface area contributed by atoms with E-state index in [9.17, 15) is 0 Å². The molecule has 0 aliphatic carbocycles. The van der Waals surface area contributed by atoms with Gasteiger partial charge in [0.05, 0.1) is 0 Å². The first kappa shape index (κ1) is 33.2. The molecule has 0 bridgehead atoms. The summed E-state index contributed by atoms with van der Waals surface area (Å²) < 4.78 is 0. The third kappa shape index (κ3) is 22.4. The minimum absolute atomic E-state index is 1.28. The largest absolute Gasteiger partial charge is 0.0654 e. The van der Waals surface area contributed by atoms with Crippen LogP contribution in [0.15, 0.2) is 24.3 Å². The lowest BCUT2D eigenvalue weighted by molar-refractivity contribution is 0.539. The molecule has 0 saturated heterocycles. The van der Waals surface area contributed by atoms with Crippen LogP contribution in [0.3, 0.4) is 0 Å². The molecule has 0 amide bonds. The number of aryl methyl sites for hydroxylation is 2. The number of unbranched alkanes of at least 4 members (excludes halogenated alkanes) is 24. The predicted octanol–water partition coefficient (Wildman–Crippen LogP) is 13.0. The lowest BCUT2D eigenvalue weighted by atomic mass is 9.99. The summed E-state index contributed by atoms with van der Waals surface area (Å²) in [6.45, 7) is 4.61. The van der Waals surface area contributed by atoms with Crippen LogP contribution in [0.1, 0.15) is 192 Å². The summed E-state index contributed by atoms with van der Waals surface area (Å²) in [5.74, 6) is 0. The number of hydrogen-bond acceptors (Lipinski definition) is 0. The summed E-state index contributed by atoms with van der Waals surface area (Å²) in [7, 11) is 0. The Hall–Kier alpha value is -0.780. The molecule has 0 radical (unpaired) electrons. The van der Waals surface area contributed by atoms with Crippen molar-refractivity contribution < 1.29 is 0 Å². The SMILES string of the molecule is CCCCCCCCCCCCCCCc1cccc(CCCCCCCCCCCCCCC)c1. The Morgan fingerprint density at radius 2 is 0.583 bits per heavy atom. The smallest absolute Gasteiger partial charge is 0.0279 e. The van der Waals surface area contributed by atoms with Crippen molar-refractivity contribution in [2.24, 2.45) is 0 Å². The Bertz CT molecular complexity index is 499. The highest BCUT2D eigenvalue weighted by atomic mass is 14.1. The standard InChI is InChI=1S/C36H66/c1-3-5-7-9-11-13-15-17-19-21-23-25-27-30-35-32-29-33-36(34-35)31-28-26-24-22-20-18-16-14-12-10-8-6-4-2/h29,32-34H,3-28,30-31H2,1-2H3. The normalized spacial score (nSPS) is 11.4.